The number of ether oxygens (including phenoxy) is 2. The summed E-state index contributed by atoms with van der Waals surface area (Å²) >= 11 is 0. The number of hydrogen-bond acceptors (Lipinski definition) is 4. The molecule has 1 aromatic rings. The van der Waals surface area contributed by atoms with Crippen LogP contribution in [0.2, 0.25) is 0 Å². The van der Waals surface area contributed by atoms with Gasteiger partial charge in [0.2, 0.25) is 5.75 Å². The Hall–Kier alpha value is -1.52. The van der Waals surface area contributed by atoms with Gasteiger partial charge in [0.25, 0.3) is 11.4 Å². The summed E-state index contributed by atoms with van der Waals surface area (Å²) in [7, 11) is 1.42. The van der Waals surface area contributed by atoms with Crippen molar-refractivity contribution < 1.29 is 9.47 Å². The average Bonchev–Trinajstić information content (AvgIpc) is 2.18. The first kappa shape index (κ1) is 11.6. The van der Waals surface area contributed by atoms with Crippen LogP contribution in [0.15, 0.2) is 11.1 Å². The van der Waals surface area contributed by atoms with E-state index in [2.05, 4.69) is 9.97 Å². The lowest BCUT2D eigenvalue weighted by Crippen LogP contribution is -2.21. The summed E-state index contributed by atoms with van der Waals surface area (Å²) in [4.78, 5) is 17.7. The number of rotatable bonds is 4. The summed E-state index contributed by atoms with van der Waals surface area (Å²) in [6.07, 6.45) is 1.28. The molecule has 0 saturated heterocycles. The van der Waals surface area contributed by atoms with E-state index in [0.29, 0.717) is 5.92 Å². The predicted octanol–water partition coefficient (Wildman–Crippen LogP) is 1.20. The molecule has 0 fully saturated rings. The number of hydrogen-bond donors (Lipinski definition) is 1. The Labute approximate surface area is 88.4 Å². The van der Waals surface area contributed by atoms with E-state index in [1.165, 1.54) is 13.4 Å². The molecule has 0 saturated carbocycles. The zero-order valence-corrected chi connectivity index (χ0v) is 9.40. The predicted molar refractivity (Wildman–Crippen MR) is 56.3 cm³/mol. The lowest BCUT2D eigenvalue weighted by atomic mass is 10.1. The maximum atomic E-state index is 11.3. The van der Waals surface area contributed by atoms with E-state index in [1.807, 2.05) is 20.8 Å². The van der Waals surface area contributed by atoms with Crippen LogP contribution in [-0.4, -0.2) is 23.2 Å². The molecular formula is C10H16N2O3. The summed E-state index contributed by atoms with van der Waals surface area (Å²) in [5.74, 6) is 0.697. The topological polar surface area (TPSA) is 64.2 Å². The van der Waals surface area contributed by atoms with Crippen molar-refractivity contribution in [2.24, 2.45) is 5.92 Å². The second-order valence-electron chi connectivity index (χ2n) is 3.64. The fraction of sp³-hybridized carbons (Fsp3) is 0.600. The van der Waals surface area contributed by atoms with Crippen LogP contribution >= 0.6 is 0 Å². The maximum Gasteiger partial charge on any atom is 0.297 e. The first-order valence-electron chi connectivity index (χ1n) is 4.84. The van der Waals surface area contributed by atoms with Gasteiger partial charge in [-0.05, 0) is 12.8 Å². The molecule has 5 nitrogen and oxygen atoms in total. The van der Waals surface area contributed by atoms with Gasteiger partial charge in [0.05, 0.1) is 13.4 Å². The van der Waals surface area contributed by atoms with E-state index in [1.54, 1.807) is 0 Å². The molecule has 0 aromatic carbocycles. The second-order valence-corrected chi connectivity index (χ2v) is 3.64. The molecule has 1 rings (SSSR count). The third kappa shape index (κ3) is 2.71. The van der Waals surface area contributed by atoms with Crippen molar-refractivity contribution in [3.05, 3.63) is 16.7 Å². The molecule has 1 atom stereocenters. The van der Waals surface area contributed by atoms with Crippen LogP contribution in [0.4, 0.5) is 0 Å². The van der Waals surface area contributed by atoms with Gasteiger partial charge in [-0.1, -0.05) is 13.8 Å². The van der Waals surface area contributed by atoms with E-state index in [0.717, 1.165) is 0 Å². The minimum Gasteiger partial charge on any atom is -0.487 e. The fourth-order valence-corrected chi connectivity index (χ4v) is 0.947. The Morgan fingerprint density at radius 2 is 2.07 bits per heavy atom. The third-order valence-corrected chi connectivity index (χ3v) is 2.22. The highest BCUT2D eigenvalue weighted by molar-refractivity contribution is 5.29. The number of H-pyrrole nitrogens is 1. The maximum absolute atomic E-state index is 11.3. The molecule has 1 aromatic heterocycles. The molecule has 5 heteroatoms. The number of aromatic amines is 1. The number of aromatic nitrogens is 2. The van der Waals surface area contributed by atoms with E-state index in [4.69, 9.17) is 9.47 Å². The van der Waals surface area contributed by atoms with E-state index in [-0.39, 0.29) is 23.3 Å². The quantitative estimate of drug-likeness (QED) is 0.814. The summed E-state index contributed by atoms with van der Waals surface area (Å²) in [5.41, 5.74) is -0.335. The largest absolute Gasteiger partial charge is 0.487 e. The first-order chi connectivity index (χ1) is 7.06. The molecule has 15 heavy (non-hydrogen) atoms. The van der Waals surface area contributed by atoms with Crippen molar-refractivity contribution in [2.75, 3.05) is 7.11 Å². The number of nitrogens with one attached hydrogen (secondary N) is 1. The van der Waals surface area contributed by atoms with Gasteiger partial charge in [-0.3, -0.25) is 4.79 Å². The van der Waals surface area contributed by atoms with Gasteiger partial charge in [-0.25, -0.2) is 4.98 Å². The van der Waals surface area contributed by atoms with Gasteiger partial charge >= 0.3 is 0 Å². The summed E-state index contributed by atoms with van der Waals surface area (Å²) in [5, 5.41) is 0. The lowest BCUT2D eigenvalue weighted by Gasteiger charge is -2.17. The third-order valence-electron chi connectivity index (χ3n) is 2.22. The molecule has 0 aliphatic heterocycles. The van der Waals surface area contributed by atoms with Gasteiger partial charge in [0, 0.05) is 0 Å². The molecule has 0 spiro atoms. The molecule has 0 aliphatic carbocycles. The highest BCUT2D eigenvalue weighted by atomic mass is 16.5. The van der Waals surface area contributed by atoms with Crippen LogP contribution in [0, 0.1) is 5.92 Å². The van der Waals surface area contributed by atoms with Crippen molar-refractivity contribution in [2.45, 2.75) is 26.9 Å². The van der Waals surface area contributed by atoms with Crippen LogP contribution in [0.5, 0.6) is 11.6 Å². The average molecular weight is 212 g/mol. The van der Waals surface area contributed by atoms with Gasteiger partial charge in [-0.2, -0.15) is 0 Å². The van der Waals surface area contributed by atoms with E-state index in [9.17, 15) is 4.79 Å². The van der Waals surface area contributed by atoms with Gasteiger partial charge in [0.1, 0.15) is 6.10 Å². The molecule has 0 amide bonds. The van der Waals surface area contributed by atoms with E-state index >= 15 is 0 Å². The van der Waals surface area contributed by atoms with Crippen molar-refractivity contribution >= 4 is 0 Å². The van der Waals surface area contributed by atoms with Crippen molar-refractivity contribution in [3.63, 3.8) is 0 Å². The van der Waals surface area contributed by atoms with Crippen LogP contribution in [-0.2, 0) is 0 Å². The van der Waals surface area contributed by atoms with Gasteiger partial charge in [-0.15, -0.1) is 0 Å². The first-order valence-corrected chi connectivity index (χ1v) is 4.84. The van der Waals surface area contributed by atoms with Crippen molar-refractivity contribution in [3.8, 4) is 11.6 Å². The number of nitrogens with zero attached hydrogens (tertiary/aromatic N) is 1. The molecule has 84 valence electrons. The standard InChI is InChI=1S/C10H16N2O3/c1-6(2)7(3)15-10-8(14-4)9(13)11-5-12-10/h5-7H,1-4H3,(H,11,12,13). The van der Waals surface area contributed by atoms with Crippen molar-refractivity contribution in [1.82, 2.24) is 9.97 Å². The minimum absolute atomic E-state index is 0.0202. The van der Waals surface area contributed by atoms with Gasteiger partial charge in [0.15, 0.2) is 0 Å². The lowest BCUT2D eigenvalue weighted by molar-refractivity contribution is 0.156. The van der Waals surface area contributed by atoms with Gasteiger partial charge < -0.3 is 14.5 Å². The fourth-order valence-electron chi connectivity index (χ4n) is 0.947. The highest BCUT2D eigenvalue weighted by Crippen LogP contribution is 2.20. The summed E-state index contributed by atoms with van der Waals surface area (Å²) < 4.78 is 10.4. The molecule has 1 unspecified atom stereocenters. The molecule has 0 radical (unpaired) electrons. The molecular weight excluding hydrogens is 196 g/mol. The normalized spacial score (nSPS) is 12.6. The SMILES string of the molecule is COc1c(OC(C)C(C)C)nc[nH]c1=O. The van der Waals surface area contributed by atoms with Crippen LogP contribution in [0.1, 0.15) is 20.8 Å². The molecule has 0 bridgehead atoms. The summed E-state index contributed by atoms with van der Waals surface area (Å²) in [6, 6.07) is 0. The van der Waals surface area contributed by atoms with Crippen LogP contribution in [0.25, 0.3) is 0 Å². The Balaban J connectivity index is 2.94. The van der Waals surface area contributed by atoms with Crippen molar-refractivity contribution in [1.29, 1.82) is 0 Å². The molecule has 0 aliphatic rings. The molecule has 1 heterocycles. The Morgan fingerprint density at radius 1 is 1.40 bits per heavy atom. The highest BCUT2D eigenvalue weighted by Gasteiger charge is 2.15. The summed E-state index contributed by atoms with van der Waals surface area (Å²) in [6.45, 7) is 5.99. The Morgan fingerprint density at radius 3 is 2.60 bits per heavy atom. The van der Waals surface area contributed by atoms with Crippen LogP contribution in [0.3, 0.4) is 0 Å². The minimum atomic E-state index is -0.335. The number of methoxy groups -OCH3 is 1. The Kier molecular flexibility index (Phi) is 3.71. The second kappa shape index (κ2) is 4.82. The zero-order valence-electron chi connectivity index (χ0n) is 9.40. The smallest absolute Gasteiger partial charge is 0.297 e. The van der Waals surface area contributed by atoms with Crippen LogP contribution < -0.4 is 15.0 Å². The zero-order chi connectivity index (χ0) is 11.4. The molecule has 1 N–H and O–H groups in total. The Bertz CT molecular complexity index is 373. The van der Waals surface area contributed by atoms with E-state index < -0.39 is 0 Å². The monoisotopic (exact) mass is 212 g/mol.